The molecule has 1 fully saturated rings. The molecule has 0 saturated carbocycles. The minimum absolute atomic E-state index is 0.165. The van der Waals surface area contributed by atoms with Crippen molar-refractivity contribution in [2.24, 2.45) is 0 Å². The quantitative estimate of drug-likeness (QED) is 0.256. The summed E-state index contributed by atoms with van der Waals surface area (Å²) >= 11 is 3.60. The van der Waals surface area contributed by atoms with Crippen LogP contribution in [0.1, 0.15) is 26.9 Å². The van der Waals surface area contributed by atoms with E-state index < -0.39 is 35.2 Å². The summed E-state index contributed by atoms with van der Waals surface area (Å²) in [7, 11) is 0. The zero-order chi connectivity index (χ0) is 25.1. The smallest absolute Gasteiger partial charge is 0.338 e. The average Bonchev–Trinajstić information content (AvgIpc) is 3.23. The van der Waals surface area contributed by atoms with Gasteiger partial charge in [0.15, 0.2) is 6.23 Å². The summed E-state index contributed by atoms with van der Waals surface area (Å²) < 4.78 is 19.0. The van der Waals surface area contributed by atoms with Gasteiger partial charge in [0.1, 0.15) is 18.8 Å². The molecule has 2 heterocycles. The maximum absolute atomic E-state index is 13.2. The zero-order valence-corrected chi connectivity index (χ0v) is 20.6. The molecule has 7 nitrogen and oxygen atoms in total. The molecule has 8 heteroatoms. The van der Waals surface area contributed by atoms with Gasteiger partial charge in [0, 0.05) is 11.6 Å². The number of benzene rings is 3. The number of carbonyl (C=O) groups excluding carboxylic acids is 2. The van der Waals surface area contributed by atoms with Crippen LogP contribution in [0.5, 0.6) is 0 Å². The highest BCUT2D eigenvalue weighted by molar-refractivity contribution is 9.09. The van der Waals surface area contributed by atoms with Crippen LogP contribution in [-0.2, 0) is 14.2 Å². The third kappa shape index (κ3) is 4.82. The lowest BCUT2D eigenvalue weighted by molar-refractivity contribution is -0.0577. The first kappa shape index (κ1) is 24.0. The highest BCUT2D eigenvalue weighted by Gasteiger charge is 2.47. The molecule has 4 atom stereocenters. The van der Waals surface area contributed by atoms with Gasteiger partial charge in [-0.2, -0.15) is 0 Å². The van der Waals surface area contributed by atoms with Crippen LogP contribution < -0.4 is 5.56 Å². The Kier molecular flexibility index (Phi) is 6.97. The fourth-order valence-electron chi connectivity index (χ4n) is 4.18. The molecule has 0 aliphatic carbocycles. The van der Waals surface area contributed by atoms with Crippen molar-refractivity contribution in [1.29, 1.82) is 0 Å². The third-order valence-electron chi connectivity index (χ3n) is 6.02. The highest BCUT2D eigenvalue weighted by atomic mass is 79.9. The third-order valence-corrected chi connectivity index (χ3v) is 7.00. The van der Waals surface area contributed by atoms with Gasteiger partial charge in [-0.25, -0.2) is 9.59 Å². The second kappa shape index (κ2) is 10.5. The number of rotatable bonds is 6. The van der Waals surface area contributed by atoms with Gasteiger partial charge in [-0.05, 0) is 41.8 Å². The van der Waals surface area contributed by atoms with E-state index in [1.807, 2.05) is 18.2 Å². The SMILES string of the molecule is O=C(OC[C@H]1O[C@H](n2ccc3ccccc3c2=O)[C@@H](Br)[C@@H]1OC(=O)c1ccccc1)c1ccccc1. The standard InChI is InChI=1S/C28H22BrNO6/c29-23-24(36-28(33)20-12-5-2-6-13-20)22(17-34-27(32)19-10-3-1-4-11-19)35-26(23)30-16-15-18-9-7-8-14-21(18)25(30)31/h1-16,22-24,26H,17H2/t22-,23+,24-,26+/m1/s1. The number of nitrogens with zero attached hydrogens (tertiary/aromatic N) is 1. The summed E-state index contributed by atoms with van der Waals surface area (Å²) in [5, 5.41) is 1.35. The Hall–Kier alpha value is -3.75. The number of hydrogen-bond acceptors (Lipinski definition) is 6. The molecule has 1 aliphatic rings. The normalized spacial score (nSPS) is 21.2. The van der Waals surface area contributed by atoms with E-state index >= 15 is 0 Å². The van der Waals surface area contributed by atoms with E-state index in [2.05, 4.69) is 15.9 Å². The molecule has 5 rings (SSSR count). The van der Waals surface area contributed by atoms with Crippen molar-refractivity contribution in [3.8, 4) is 0 Å². The van der Waals surface area contributed by atoms with Crippen molar-refractivity contribution in [3.05, 3.63) is 119 Å². The lowest BCUT2D eigenvalue weighted by Crippen LogP contribution is -2.37. The van der Waals surface area contributed by atoms with E-state index in [9.17, 15) is 14.4 Å². The Morgan fingerprint density at radius 2 is 1.44 bits per heavy atom. The molecule has 0 unspecified atom stereocenters. The number of halogens is 1. The van der Waals surface area contributed by atoms with Crippen LogP contribution in [0.3, 0.4) is 0 Å². The highest BCUT2D eigenvalue weighted by Crippen LogP contribution is 2.37. The molecule has 182 valence electrons. The Balaban J connectivity index is 1.42. The van der Waals surface area contributed by atoms with Crippen LogP contribution in [0.2, 0.25) is 0 Å². The predicted octanol–water partition coefficient (Wildman–Crippen LogP) is 4.75. The van der Waals surface area contributed by atoms with Gasteiger partial charge in [0.05, 0.1) is 16.0 Å². The first-order chi connectivity index (χ1) is 17.5. The Bertz CT molecular complexity index is 1440. The largest absolute Gasteiger partial charge is 0.459 e. The molecule has 0 amide bonds. The Labute approximate surface area is 215 Å². The number of hydrogen-bond donors (Lipinski definition) is 0. The molecule has 3 aromatic carbocycles. The second-order valence-corrected chi connectivity index (χ2v) is 9.38. The second-order valence-electron chi connectivity index (χ2n) is 8.33. The van der Waals surface area contributed by atoms with Gasteiger partial charge < -0.3 is 14.2 Å². The van der Waals surface area contributed by atoms with E-state index in [0.717, 1.165) is 5.39 Å². The van der Waals surface area contributed by atoms with E-state index in [1.54, 1.807) is 79.0 Å². The van der Waals surface area contributed by atoms with Gasteiger partial charge in [0.2, 0.25) is 0 Å². The number of alkyl halides is 1. The Morgan fingerprint density at radius 3 is 2.14 bits per heavy atom. The summed E-state index contributed by atoms with van der Waals surface area (Å²) in [6.07, 6.45) is -0.781. The van der Waals surface area contributed by atoms with E-state index in [1.165, 1.54) is 4.57 Å². The fraction of sp³-hybridized carbons (Fsp3) is 0.179. The van der Waals surface area contributed by atoms with Gasteiger partial charge in [-0.15, -0.1) is 0 Å². The molecule has 0 radical (unpaired) electrons. The minimum atomic E-state index is -0.829. The number of ether oxygens (including phenoxy) is 3. The maximum atomic E-state index is 13.2. The van der Waals surface area contributed by atoms with Crippen molar-refractivity contribution in [2.45, 2.75) is 23.3 Å². The van der Waals surface area contributed by atoms with Crippen molar-refractivity contribution in [3.63, 3.8) is 0 Å². The summed E-state index contributed by atoms with van der Waals surface area (Å²) in [5.74, 6) is -1.07. The van der Waals surface area contributed by atoms with Crippen LogP contribution in [0, 0.1) is 0 Å². The number of carbonyl (C=O) groups is 2. The molecule has 0 spiro atoms. The molecule has 1 saturated heterocycles. The van der Waals surface area contributed by atoms with E-state index in [-0.39, 0.29) is 12.2 Å². The van der Waals surface area contributed by atoms with E-state index in [0.29, 0.717) is 16.5 Å². The number of esters is 2. The maximum Gasteiger partial charge on any atom is 0.338 e. The van der Waals surface area contributed by atoms with Crippen molar-refractivity contribution >= 4 is 38.6 Å². The van der Waals surface area contributed by atoms with Gasteiger partial charge >= 0.3 is 11.9 Å². The lowest BCUT2D eigenvalue weighted by Gasteiger charge is -2.21. The Morgan fingerprint density at radius 1 is 0.833 bits per heavy atom. The molecule has 0 N–H and O–H groups in total. The summed E-state index contributed by atoms with van der Waals surface area (Å²) in [5.41, 5.74) is 0.534. The summed E-state index contributed by atoms with van der Waals surface area (Å²) in [4.78, 5) is 38.1. The lowest BCUT2D eigenvalue weighted by atomic mass is 10.1. The first-order valence-corrected chi connectivity index (χ1v) is 12.3. The van der Waals surface area contributed by atoms with Crippen LogP contribution >= 0.6 is 15.9 Å². The van der Waals surface area contributed by atoms with Crippen LogP contribution in [0.4, 0.5) is 0 Å². The molecule has 1 aromatic heterocycles. The van der Waals surface area contributed by atoms with Crippen molar-refractivity contribution in [1.82, 2.24) is 4.57 Å². The molecule has 4 aromatic rings. The van der Waals surface area contributed by atoms with E-state index in [4.69, 9.17) is 14.2 Å². The van der Waals surface area contributed by atoms with Gasteiger partial charge in [0.25, 0.3) is 5.56 Å². The summed E-state index contributed by atoms with van der Waals surface area (Å²) in [6, 6.07) is 26.3. The first-order valence-electron chi connectivity index (χ1n) is 11.4. The van der Waals surface area contributed by atoms with Crippen molar-refractivity contribution in [2.75, 3.05) is 6.61 Å². The predicted molar refractivity (Wildman–Crippen MR) is 137 cm³/mol. The van der Waals surface area contributed by atoms with Crippen LogP contribution in [0.15, 0.2) is 102 Å². The van der Waals surface area contributed by atoms with Crippen molar-refractivity contribution < 1.29 is 23.8 Å². The monoisotopic (exact) mass is 547 g/mol. The number of pyridine rings is 1. The van der Waals surface area contributed by atoms with Gasteiger partial charge in [-0.3, -0.25) is 9.36 Å². The number of fused-ring (bicyclic) bond motifs is 1. The molecule has 0 bridgehead atoms. The zero-order valence-electron chi connectivity index (χ0n) is 19.0. The van der Waals surface area contributed by atoms with Crippen LogP contribution in [-0.4, -0.2) is 40.1 Å². The molecule has 36 heavy (non-hydrogen) atoms. The minimum Gasteiger partial charge on any atom is -0.459 e. The molecule has 1 aliphatic heterocycles. The number of aromatic nitrogens is 1. The fourth-order valence-corrected chi connectivity index (χ4v) is 5.01. The average molecular weight is 548 g/mol. The van der Waals surface area contributed by atoms with Gasteiger partial charge in [-0.1, -0.05) is 70.5 Å². The summed E-state index contributed by atoms with van der Waals surface area (Å²) in [6.45, 7) is -0.165. The topological polar surface area (TPSA) is 83.8 Å². The molecular weight excluding hydrogens is 526 g/mol. The molecular formula is C28H22BrNO6. The van der Waals surface area contributed by atoms with Crippen LogP contribution in [0.25, 0.3) is 10.8 Å².